The van der Waals surface area contributed by atoms with E-state index in [0.29, 0.717) is 28.7 Å². The Morgan fingerprint density at radius 2 is 1.66 bits per heavy atom. The zero-order chi connectivity index (χ0) is 22.9. The predicted octanol–water partition coefficient (Wildman–Crippen LogP) is 4.25. The second kappa shape index (κ2) is 8.23. The van der Waals surface area contributed by atoms with E-state index < -0.39 is 30.8 Å². The van der Waals surface area contributed by atoms with Gasteiger partial charge in [0.1, 0.15) is 22.2 Å². The smallest absolute Gasteiger partial charge is 0.255 e. The molecule has 0 saturated carbocycles. The van der Waals surface area contributed by atoms with Crippen LogP contribution in [0.15, 0.2) is 87.5 Å². The maximum absolute atomic E-state index is 13.4. The van der Waals surface area contributed by atoms with Crippen LogP contribution < -0.4 is 9.86 Å². The third kappa shape index (κ3) is 4.72. The molecule has 1 aliphatic carbocycles. The molecule has 2 aliphatic rings. The number of anilines is 1. The van der Waals surface area contributed by atoms with Gasteiger partial charge in [-0.25, -0.2) is 26.4 Å². The lowest BCUT2D eigenvalue weighted by atomic mass is 10.0. The molecule has 3 N–H and O–H groups in total. The number of primary sulfonamides is 1. The van der Waals surface area contributed by atoms with Gasteiger partial charge in [-0.2, -0.15) is 0 Å². The molecule has 2 aromatic carbocycles. The van der Waals surface area contributed by atoms with E-state index in [0.717, 1.165) is 23.1 Å². The van der Waals surface area contributed by atoms with Crippen molar-refractivity contribution in [2.24, 2.45) is 5.14 Å². The minimum Gasteiger partial charge on any atom is -0.456 e. The minimum absolute atomic E-state index is 0.358. The number of hydrogen-bond donors (Lipinski definition) is 2. The summed E-state index contributed by atoms with van der Waals surface area (Å²) < 4.78 is 70.0. The summed E-state index contributed by atoms with van der Waals surface area (Å²) in [6.45, 7) is 0. The zero-order valence-corrected chi connectivity index (χ0v) is 18.0. The van der Waals surface area contributed by atoms with Gasteiger partial charge in [-0.15, -0.1) is 0 Å². The largest absolute Gasteiger partial charge is 0.456 e. The van der Waals surface area contributed by atoms with E-state index in [9.17, 15) is 21.2 Å². The van der Waals surface area contributed by atoms with E-state index in [1.807, 2.05) is 24.3 Å². The van der Waals surface area contributed by atoms with Gasteiger partial charge >= 0.3 is 0 Å². The summed E-state index contributed by atoms with van der Waals surface area (Å²) in [7, 11) is -8.51. The van der Waals surface area contributed by atoms with Crippen molar-refractivity contribution in [1.82, 2.24) is 0 Å². The van der Waals surface area contributed by atoms with Crippen molar-refractivity contribution in [3.8, 4) is 22.6 Å². The van der Waals surface area contributed by atoms with Gasteiger partial charge in [0, 0.05) is 11.1 Å². The first-order valence-corrected chi connectivity index (χ1v) is 12.3. The van der Waals surface area contributed by atoms with Crippen molar-refractivity contribution in [1.29, 1.82) is 0 Å². The quantitative estimate of drug-likeness (QED) is 0.435. The molecule has 0 fully saturated rings. The number of halogens is 1. The monoisotopic (exact) mass is 472 g/mol. The van der Waals surface area contributed by atoms with Gasteiger partial charge in [0.05, 0.1) is 11.1 Å². The van der Waals surface area contributed by atoms with E-state index in [-0.39, 0.29) is 5.69 Å². The highest BCUT2D eigenvalue weighted by Crippen LogP contribution is 2.32. The van der Waals surface area contributed by atoms with Gasteiger partial charge in [0.15, 0.2) is 0 Å². The van der Waals surface area contributed by atoms with Crippen LogP contribution in [0.4, 0.5) is 10.1 Å². The number of hydrogen-bond acceptors (Lipinski definition) is 5. The van der Waals surface area contributed by atoms with Crippen molar-refractivity contribution >= 4 is 31.8 Å². The Balaban J connectivity index is 1.67. The summed E-state index contributed by atoms with van der Waals surface area (Å²) in [5.74, 6) is 0.374. The van der Waals surface area contributed by atoms with Crippen molar-refractivity contribution in [3.63, 3.8) is 0 Å². The molecule has 32 heavy (non-hydrogen) atoms. The third-order valence-corrected chi connectivity index (χ3v) is 6.55. The number of nitrogens with two attached hydrogens (primary N) is 1. The van der Waals surface area contributed by atoms with Crippen molar-refractivity contribution in [3.05, 3.63) is 89.6 Å². The average Bonchev–Trinajstić information content (AvgIpc) is 3.21. The lowest BCUT2D eigenvalue weighted by molar-refractivity contribution is 0.583. The number of nitrogens with one attached hydrogen (secondary N) is 1. The van der Waals surface area contributed by atoms with E-state index in [2.05, 4.69) is 4.72 Å². The molecule has 1 aliphatic heterocycles. The Labute approximate surface area is 184 Å². The van der Waals surface area contributed by atoms with Gasteiger partial charge < -0.3 is 4.42 Å². The van der Waals surface area contributed by atoms with Gasteiger partial charge in [0.25, 0.3) is 10.0 Å². The molecule has 0 saturated heterocycles. The molecule has 0 unspecified atom stereocenters. The molecule has 10 heteroatoms. The van der Waals surface area contributed by atoms with Gasteiger partial charge in [-0.05, 0) is 48.0 Å². The Kier molecular flexibility index (Phi) is 5.59. The standard InChI is InChI=1S/C22H17FN2O5S2/c23-17-9-10-19(22(14-17)32(24,28)29)25-31(26,27)13-12-15-4-1-2-6-18(15)21-11-8-16-5-3-7-20(16)30-21/h1-14,25H,(H2,24,28,29). The fourth-order valence-electron chi connectivity index (χ4n) is 3.14. The maximum Gasteiger partial charge on any atom is 0.255 e. The molecule has 7 nitrogen and oxygen atoms in total. The normalized spacial score (nSPS) is 12.4. The van der Waals surface area contributed by atoms with Crippen molar-refractivity contribution in [2.75, 3.05) is 4.72 Å². The molecule has 0 amide bonds. The van der Waals surface area contributed by atoms with Crippen LogP contribution in [0.1, 0.15) is 5.56 Å². The summed E-state index contributed by atoms with van der Waals surface area (Å²) in [6.07, 6.45) is 1.35. The molecule has 0 spiro atoms. The molecule has 4 rings (SSSR count). The summed E-state index contributed by atoms with van der Waals surface area (Å²) in [4.78, 5) is -0.670. The van der Waals surface area contributed by atoms with E-state index in [1.165, 1.54) is 6.08 Å². The van der Waals surface area contributed by atoms with E-state index in [4.69, 9.17) is 9.56 Å². The molecular formula is C22H17FN2O5S2. The second-order valence-electron chi connectivity index (χ2n) is 6.87. The Morgan fingerprint density at radius 3 is 2.44 bits per heavy atom. The van der Waals surface area contributed by atoms with Gasteiger partial charge in [-0.1, -0.05) is 36.4 Å². The zero-order valence-electron chi connectivity index (χ0n) is 16.4. The average molecular weight is 473 g/mol. The van der Waals surface area contributed by atoms with Crippen LogP contribution >= 0.6 is 0 Å². The predicted molar refractivity (Wildman–Crippen MR) is 120 cm³/mol. The summed E-state index contributed by atoms with van der Waals surface area (Å²) >= 11 is 0. The third-order valence-electron chi connectivity index (χ3n) is 4.60. The lowest BCUT2D eigenvalue weighted by Crippen LogP contribution is -2.17. The Morgan fingerprint density at radius 1 is 0.875 bits per heavy atom. The highest BCUT2D eigenvalue weighted by Gasteiger charge is 2.18. The first-order chi connectivity index (χ1) is 15.1. The minimum atomic E-state index is -4.35. The van der Waals surface area contributed by atoms with E-state index in [1.54, 1.807) is 30.3 Å². The molecule has 164 valence electrons. The van der Waals surface area contributed by atoms with Crippen LogP contribution in [0, 0.1) is 5.82 Å². The molecule has 1 heterocycles. The number of benzene rings is 2. The van der Waals surface area contributed by atoms with Crippen LogP contribution in [-0.4, -0.2) is 16.8 Å². The lowest BCUT2D eigenvalue weighted by Gasteiger charge is -2.10. The number of rotatable bonds is 6. The van der Waals surface area contributed by atoms with Crippen LogP contribution in [-0.2, 0) is 20.0 Å². The van der Waals surface area contributed by atoms with Gasteiger partial charge in [0.2, 0.25) is 10.0 Å². The molecular weight excluding hydrogens is 455 g/mol. The highest BCUT2D eigenvalue weighted by atomic mass is 32.2. The topological polar surface area (TPSA) is 119 Å². The summed E-state index contributed by atoms with van der Waals surface area (Å²) in [6, 6.07) is 18.9. The highest BCUT2D eigenvalue weighted by molar-refractivity contribution is 7.95. The first-order valence-electron chi connectivity index (χ1n) is 9.24. The Bertz CT molecular complexity index is 1510. The number of fused-ring (bicyclic) bond motifs is 1. The molecule has 0 radical (unpaired) electrons. The Hall–Kier alpha value is -3.47. The summed E-state index contributed by atoms with van der Waals surface area (Å²) in [5.41, 5.74) is 1.80. The fourth-order valence-corrected chi connectivity index (χ4v) is 4.79. The van der Waals surface area contributed by atoms with Crippen LogP contribution in [0.3, 0.4) is 0 Å². The summed E-state index contributed by atoms with van der Waals surface area (Å²) in [5, 5.41) is 5.95. The van der Waals surface area contributed by atoms with Crippen molar-refractivity contribution < 1.29 is 25.6 Å². The molecule has 0 aromatic heterocycles. The van der Waals surface area contributed by atoms with E-state index >= 15 is 0 Å². The molecule has 2 aromatic rings. The fraction of sp³-hybridized carbons (Fsp3) is 0. The van der Waals surface area contributed by atoms with Gasteiger partial charge in [-0.3, -0.25) is 4.72 Å². The van der Waals surface area contributed by atoms with Crippen LogP contribution in [0.5, 0.6) is 0 Å². The first kappa shape index (κ1) is 21.8. The number of sulfonamides is 2. The van der Waals surface area contributed by atoms with Crippen LogP contribution in [0.2, 0.25) is 0 Å². The van der Waals surface area contributed by atoms with Crippen molar-refractivity contribution in [2.45, 2.75) is 4.90 Å². The second-order valence-corrected chi connectivity index (χ2v) is 9.96. The molecule has 0 bridgehead atoms. The van der Waals surface area contributed by atoms with Crippen LogP contribution in [0.25, 0.3) is 28.7 Å². The SMILES string of the molecule is NS(=O)(=O)c1cc(F)ccc1NS(=O)(=O)C=Cc1ccccc1-c1ccc2cccc-2o1. The maximum atomic E-state index is 13.4. The molecule has 0 atom stereocenters.